The van der Waals surface area contributed by atoms with Gasteiger partial charge >= 0.3 is 0 Å². The summed E-state index contributed by atoms with van der Waals surface area (Å²) in [5.41, 5.74) is 4.15. The van der Waals surface area contributed by atoms with Crippen LogP contribution < -0.4 is 11.3 Å². The maximum atomic E-state index is 5.77. The summed E-state index contributed by atoms with van der Waals surface area (Å²) in [4.78, 5) is 0. The quantitative estimate of drug-likeness (QED) is 0.642. The van der Waals surface area contributed by atoms with Crippen LogP contribution in [0.15, 0.2) is 42.5 Å². The molecule has 1 aliphatic rings. The Balaban J connectivity index is 2.06. The maximum absolute atomic E-state index is 5.77. The average Bonchev–Trinajstić information content (AvgIpc) is 2.94. The molecule has 0 bridgehead atoms. The van der Waals surface area contributed by atoms with E-state index < -0.39 is 0 Å². The van der Waals surface area contributed by atoms with Gasteiger partial charge in [0.25, 0.3) is 0 Å². The second-order valence-electron chi connectivity index (χ2n) is 4.76. The number of ether oxygens (including phenoxy) is 1. The minimum Gasteiger partial charge on any atom is -0.376 e. The second-order valence-corrected chi connectivity index (χ2v) is 4.76. The van der Waals surface area contributed by atoms with Crippen molar-refractivity contribution in [2.24, 2.45) is 5.84 Å². The molecule has 2 aromatic carbocycles. The van der Waals surface area contributed by atoms with Gasteiger partial charge in [-0.05, 0) is 29.2 Å². The smallest absolute Gasteiger partial charge is 0.0783 e. The van der Waals surface area contributed by atoms with Crippen LogP contribution in [0.25, 0.3) is 10.8 Å². The van der Waals surface area contributed by atoms with E-state index in [1.807, 2.05) is 0 Å². The number of nitrogens with one attached hydrogen (secondary N) is 1. The Kier molecular flexibility index (Phi) is 3.28. The topological polar surface area (TPSA) is 47.3 Å². The molecule has 2 atom stereocenters. The van der Waals surface area contributed by atoms with Gasteiger partial charge in [0.05, 0.1) is 12.1 Å². The van der Waals surface area contributed by atoms with Gasteiger partial charge in [0, 0.05) is 6.61 Å². The Morgan fingerprint density at radius 3 is 2.78 bits per heavy atom. The van der Waals surface area contributed by atoms with Gasteiger partial charge < -0.3 is 4.74 Å². The molecule has 94 valence electrons. The van der Waals surface area contributed by atoms with Gasteiger partial charge in [-0.15, -0.1) is 0 Å². The van der Waals surface area contributed by atoms with Gasteiger partial charge in [0.2, 0.25) is 0 Å². The van der Waals surface area contributed by atoms with Crippen molar-refractivity contribution in [2.45, 2.75) is 25.0 Å². The number of rotatable bonds is 3. The molecule has 0 aromatic heterocycles. The highest BCUT2D eigenvalue weighted by Gasteiger charge is 2.27. The third-order valence-corrected chi connectivity index (χ3v) is 3.67. The summed E-state index contributed by atoms with van der Waals surface area (Å²) in [5.74, 6) is 5.75. The fraction of sp³-hybridized carbons (Fsp3) is 0.333. The number of nitrogens with two attached hydrogens (primary N) is 1. The van der Waals surface area contributed by atoms with Crippen molar-refractivity contribution >= 4 is 10.8 Å². The molecule has 18 heavy (non-hydrogen) atoms. The van der Waals surface area contributed by atoms with E-state index in [0.29, 0.717) is 0 Å². The summed E-state index contributed by atoms with van der Waals surface area (Å²) in [7, 11) is 0. The lowest BCUT2D eigenvalue weighted by molar-refractivity contribution is 0.0788. The van der Waals surface area contributed by atoms with Crippen molar-refractivity contribution in [1.29, 1.82) is 0 Å². The number of fused-ring (bicyclic) bond motifs is 1. The molecule has 1 fully saturated rings. The molecule has 1 heterocycles. The fourth-order valence-electron chi connectivity index (χ4n) is 2.78. The van der Waals surface area contributed by atoms with Crippen LogP contribution in [0.1, 0.15) is 24.4 Å². The summed E-state index contributed by atoms with van der Waals surface area (Å²) in [6.07, 6.45) is 2.37. The van der Waals surface area contributed by atoms with Crippen LogP contribution in [0.3, 0.4) is 0 Å². The Hall–Kier alpha value is -1.42. The van der Waals surface area contributed by atoms with Gasteiger partial charge in [-0.3, -0.25) is 11.3 Å². The minimum atomic E-state index is 0.0681. The lowest BCUT2D eigenvalue weighted by Gasteiger charge is -2.23. The van der Waals surface area contributed by atoms with Crippen LogP contribution in [0.2, 0.25) is 0 Å². The SMILES string of the molecule is NNC(c1cccc2ccccc12)C1CCCO1. The average molecular weight is 242 g/mol. The monoisotopic (exact) mass is 242 g/mol. The molecular formula is C15H18N2O. The predicted octanol–water partition coefficient (Wildman–Crippen LogP) is 2.52. The molecule has 0 saturated carbocycles. The molecule has 3 nitrogen and oxygen atoms in total. The van der Waals surface area contributed by atoms with E-state index in [2.05, 4.69) is 47.9 Å². The molecule has 2 aromatic rings. The number of benzene rings is 2. The molecule has 3 rings (SSSR count). The first-order valence-corrected chi connectivity index (χ1v) is 6.45. The molecule has 3 N–H and O–H groups in total. The van der Waals surface area contributed by atoms with Crippen LogP contribution >= 0.6 is 0 Å². The third-order valence-electron chi connectivity index (χ3n) is 3.67. The van der Waals surface area contributed by atoms with Crippen molar-refractivity contribution in [2.75, 3.05) is 6.61 Å². The van der Waals surface area contributed by atoms with Crippen LogP contribution in [-0.2, 0) is 4.74 Å². The zero-order valence-electron chi connectivity index (χ0n) is 10.3. The summed E-state index contributed by atoms with van der Waals surface area (Å²) in [6.45, 7) is 0.841. The highest BCUT2D eigenvalue weighted by molar-refractivity contribution is 5.86. The summed E-state index contributed by atoms with van der Waals surface area (Å²) in [6, 6.07) is 14.8. The molecule has 0 amide bonds. The first-order chi connectivity index (χ1) is 8.90. The van der Waals surface area contributed by atoms with E-state index in [0.717, 1.165) is 19.4 Å². The van der Waals surface area contributed by atoms with Crippen molar-refractivity contribution < 1.29 is 4.74 Å². The van der Waals surface area contributed by atoms with Gasteiger partial charge in [-0.2, -0.15) is 0 Å². The minimum absolute atomic E-state index is 0.0681. The van der Waals surface area contributed by atoms with E-state index in [1.165, 1.54) is 16.3 Å². The van der Waals surface area contributed by atoms with Crippen LogP contribution in [0.4, 0.5) is 0 Å². The molecule has 0 spiro atoms. The highest BCUT2D eigenvalue weighted by atomic mass is 16.5. The fourth-order valence-corrected chi connectivity index (χ4v) is 2.78. The Bertz CT molecular complexity index is 530. The number of hydrogen-bond acceptors (Lipinski definition) is 3. The van der Waals surface area contributed by atoms with Gasteiger partial charge in [-0.1, -0.05) is 42.5 Å². The lowest BCUT2D eigenvalue weighted by Crippen LogP contribution is -2.36. The van der Waals surface area contributed by atoms with Gasteiger partial charge in [0.15, 0.2) is 0 Å². The molecular weight excluding hydrogens is 224 g/mol. The van der Waals surface area contributed by atoms with Gasteiger partial charge in [-0.25, -0.2) is 0 Å². The molecule has 2 unspecified atom stereocenters. The number of hydrazine groups is 1. The van der Waals surface area contributed by atoms with Crippen LogP contribution in [-0.4, -0.2) is 12.7 Å². The van der Waals surface area contributed by atoms with Crippen LogP contribution in [0, 0.1) is 0 Å². The summed E-state index contributed by atoms with van der Waals surface area (Å²) < 4.78 is 5.77. The van der Waals surface area contributed by atoms with E-state index in [4.69, 9.17) is 10.6 Å². The normalized spacial score (nSPS) is 21.3. The van der Waals surface area contributed by atoms with E-state index >= 15 is 0 Å². The first kappa shape index (κ1) is 11.7. The van der Waals surface area contributed by atoms with E-state index in [-0.39, 0.29) is 12.1 Å². The van der Waals surface area contributed by atoms with Crippen molar-refractivity contribution in [3.63, 3.8) is 0 Å². The lowest BCUT2D eigenvalue weighted by atomic mass is 9.94. The molecule has 1 aliphatic heterocycles. The van der Waals surface area contributed by atoms with Gasteiger partial charge in [0.1, 0.15) is 0 Å². The Morgan fingerprint density at radius 2 is 2.00 bits per heavy atom. The summed E-state index contributed by atoms with van der Waals surface area (Å²) in [5, 5.41) is 2.49. The maximum Gasteiger partial charge on any atom is 0.0783 e. The molecule has 3 heteroatoms. The zero-order valence-corrected chi connectivity index (χ0v) is 10.3. The first-order valence-electron chi connectivity index (χ1n) is 6.45. The molecule has 0 radical (unpaired) electrons. The second kappa shape index (κ2) is 5.06. The summed E-state index contributed by atoms with van der Waals surface area (Å²) >= 11 is 0. The van der Waals surface area contributed by atoms with E-state index in [9.17, 15) is 0 Å². The van der Waals surface area contributed by atoms with Crippen molar-refractivity contribution in [3.8, 4) is 0 Å². The standard InChI is InChI=1S/C15H18N2O/c16-17-15(14-9-4-10-18-14)13-8-3-6-11-5-1-2-7-12(11)13/h1-3,5-8,14-15,17H,4,9-10,16H2. The molecule has 0 aliphatic carbocycles. The molecule has 1 saturated heterocycles. The largest absolute Gasteiger partial charge is 0.376 e. The Labute approximate surface area is 107 Å². The van der Waals surface area contributed by atoms with Crippen molar-refractivity contribution in [3.05, 3.63) is 48.0 Å². The zero-order chi connectivity index (χ0) is 12.4. The number of hydrogen-bond donors (Lipinski definition) is 2. The highest BCUT2D eigenvalue weighted by Crippen LogP contribution is 2.30. The third kappa shape index (κ3) is 2.01. The van der Waals surface area contributed by atoms with E-state index in [1.54, 1.807) is 0 Å². The van der Waals surface area contributed by atoms with Crippen molar-refractivity contribution in [1.82, 2.24) is 5.43 Å². The Morgan fingerprint density at radius 1 is 1.17 bits per heavy atom. The predicted molar refractivity (Wildman–Crippen MR) is 73.0 cm³/mol. The van der Waals surface area contributed by atoms with Crippen LogP contribution in [0.5, 0.6) is 0 Å².